The lowest BCUT2D eigenvalue weighted by atomic mass is 9.80. The fraction of sp³-hybridized carbons (Fsp3) is 0.636. The van der Waals surface area contributed by atoms with Crippen LogP contribution in [0.15, 0.2) is 12.1 Å². The van der Waals surface area contributed by atoms with E-state index < -0.39 is 0 Å². The maximum Gasteiger partial charge on any atom is 0.0931 e. The first-order chi connectivity index (χ1) is 6.74. The van der Waals surface area contributed by atoms with Crippen LogP contribution in [0.3, 0.4) is 0 Å². The summed E-state index contributed by atoms with van der Waals surface area (Å²) in [6.07, 6.45) is 6.36. The minimum absolute atomic E-state index is 0.329. The van der Waals surface area contributed by atoms with Gasteiger partial charge >= 0.3 is 0 Å². The first kappa shape index (κ1) is 10.5. The second-order valence-corrected chi connectivity index (χ2v) is 6.00. The smallest absolute Gasteiger partial charge is 0.0931 e. The van der Waals surface area contributed by atoms with Gasteiger partial charge < -0.3 is 5.73 Å². The van der Waals surface area contributed by atoms with E-state index >= 15 is 0 Å². The van der Waals surface area contributed by atoms with Gasteiger partial charge in [-0.15, -0.1) is 11.3 Å². The Morgan fingerprint density at radius 3 is 2.79 bits per heavy atom. The fourth-order valence-electron chi connectivity index (χ4n) is 1.96. The van der Waals surface area contributed by atoms with Crippen molar-refractivity contribution in [3.63, 3.8) is 0 Å². The third kappa shape index (κ3) is 2.72. The molecule has 1 atom stereocenters. The molecule has 0 bridgehead atoms. The number of nitrogens with two attached hydrogens (primary N) is 1. The van der Waals surface area contributed by atoms with Gasteiger partial charge in [-0.3, -0.25) is 0 Å². The summed E-state index contributed by atoms with van der Waals surface area (Å²) in [6.45, 7) is 0. The van der Waals surface area contributed by atoms with E-state index in [9.17, 15) is 0 Å². The average molecular weight is 230 g/mol. The monoisotopic (exact) mass is 229 g/mol. The molecule has 1 aliphatic carbocycles. The Morgan fingerprint density at radius 2 is 2.29 bits per heavy atom. The molecule has 1 nitrogen and oxygen atoms in total. The lowest BCUT2D eigenvalue weighted by Gasteiger charge is -2.27. The van der Waals surface area contributed by atoms with E-state index in [1.54, 1.807) is 11.3 Å². The summed E-state index contributed by atoms with van der Waals surface area (Å²) in [5, 5.41) is 0. The van der Waals surface area contributed by atoms with Crippen molar-refractivity contribution >= 4 is 22.9 Å². The van der Waals surface area contributed by atoms with E-state index in [0.717, 1.165) is 16.7 Å². The Hall–Kier alpha value is -0.0500. The van der Waals surface area contributed by atoms with Crippen LogP contribution in [0.1, 0.15) is 30.6 Å². The molecule has 1 aliphatic rings. The van der Waals surface area contributed by atoms with Crippen molar-refractivity contribution in [2.45, 2.75) is 38.1 Å². The van der Waals surface area contributed by atoms with Gasteiger partial charge in [0, 0.05) is 10.9 Å². The van der Waals surface area contributed by atoms with E-state index in [4.69, 9.17) is 17.3 Å². The zero-order valence-corrected chi connectivity index (χ0v) is 9.78. The van der Waals surface area contributed by atoms with Crippen LogP contribution >= 0.6 is 22.9 Å². The predicted molar refractivity (Wildman–Crippen MR) is 63.0 cm³/mol. The molecule has 2 N–H and O–H groups in total. The first-order valence-corrected chi connectivity index (χ1v) is 6.43. The second-order valence-electron chi connectivity index (χ2n) is 4.20. The highest BCUT2D eigenvalue weighted by Crippen LogP contribution is 2.31. The van der Waals surface area contributed by atoms with E-state index in [-0.39, 0.29) is 0 Å². The Labute approximate surface area is 94.3 Å². The summed E-state index contributed by atoms with van der Waals surface area (Å²) in [4.78, 5) is 1.32. The van der Waals surface area contributed by atoms with Crippen molar-refractivity contribution in [2.24, 2.45) is 11.7 Å². The fourth-order valence-corrected chi connectivity index (χ4v) is 3.14. The van der Waals surface area contributed by atoms with E-state index in [0.29, 0.717) is 6.04 Å². The van der Waals surface area contributed by atoms with Gasteiger partial charge in [-0.2, -0.15) is 0 Å². The van der Waals surface area contributed by atoms with Crippen molar-refractivity contribution in [2.75, 3.05) is 0 Å². The molecule has 0 radical (unpaired) electrons. The van der Waals surface area contributed by atoms with Crippen LogP contribution < -0.4 is 5.73 Å². The van der Waals surface area contributed by atoms with E-state index in [2.05, 4.69) is 6.07 Å². The van der Waals surface area contributed by atoms with Crippen molar-refractivity contribution in [3.05, 3.63) is 21.3 Å². The van der Waals surface area contributed by atoms with Gasteiger partial charge in [0.15, 0.2) is 0 Å². The van der Waals surface area contributed by atoms with Gasteiger partial charge in [-0.05, 0) is 30.9 Å². The molecule has 1 unspecified atom stereocenters. The van der Waals surface area contributed by atoms with Gasteiger partial charge in [0.1, 0.15) is 0 Å². The van der Waals surface area contributed by atoms with Gasteiger partial charge in [-0.25, -0.2) is 0 Å². The van der Waals surface area contributed by atoms with Crippen molar-refractivity contribution in [1.82, 2.24) is 0 Å². The number of hydrogen-bond donors (Lipinski definition) is 1. The zero-order chi connectivity index (χ0) is 9.97. The highest BCUT2D eigenvalue weighted by molar-refractivity contribution is 7.16. The molecule has 1 saturated carbocycles. The highest BCUT2D eigenvalue weighted by Gasteiger charge is 2.20. The molecule has 0 amide bonds. The summed E-state index contributed by atoms with van der Waals surface area (Å²) < 4.78 is 0.871. The molecule has 1 aromatic rings. The SMILES string of the molecule is NC(Cc1ccc(Cl)s1)CC1CCC1. The van der Waals surface area contributed by atoms with Gasteiger partial charge in [-0.1, -0.05) is 30.9 Å². The van der Waals surface area contributed by atoms with Crippen LogP contribution in [-0.4, -0.2) is 6.04 Å². The van der Waals surface area contributed by atoms with Crippen LogP contribution in [0, 0.1) is 5.92 Å². The second kappa shape index (κ2) is 4.65. The summed E-state index contributed by atoms with van der Waals surface area (Å²) in [7, 11) is 0. The molecule has 0 spiro atoms. The summed E-state index contributed by atoms with van der Waals surface area (Å²) in [6, 6.07) is 4.38. The Balaban J connectivity index is 1.78. The van der Waals surface area contributed by atoms with Gasteiger partial charge in [0.25, 0.3) is 0 Å². The Bertz CT molecular complexity index is 293. The standard InChI is InChI=1S/C11H16ClNS/c12-11-5-4-10(14-11)7-9(13)6-8-2-1-3-8/h4-5,8-9H,1-3,6-7,13H2. The van der Waals surface area contributed by atoms with Gasteiger partial charge in [0.05, 0.1) is 4.34 Å². The minimum atomic E-state index is 0.329. The van der Waals surface area contributed by atoms with Crippen LogP contribution in [-0.2, 0) is 6.42 Å². The zero-order valence-electron chi connectivity index (χ0n) is 8.21. The topological polar surface area (TPSA) is 26.0 Å². The predicted octanol–water partition coefficient (Wildman–Crippen LogP) is 3.46. The van der Waals surface area contributed by atoms with Crippen LogP contribution in [0.2, 0.25) is 4.34 Å². The molecule has 0 aliphatic heterocycles. The van der Waals surface area contributed by atoms with E-state index in [1.165, 1.54) is 30.6 Å². The lowest BCUT2D eigenvalue weighted by Crippen LogP contribution is -2.28. The number of thiophene rings is 1. The molecule has 0 saturated heterocycles. The maximum atomic E-state index is 6.09. The Morgan fingerprint density at radius 1 is 1.50 bits per heavy atom. The largest absolute Gasteiger partial charge is 0.327 e. The highest BCUT2D eigenvalue weighted by atomic mass is 35.5. The molecule has 0 aromatic carbocycles. The summed E-state index contributed by atoms with van der Waals surface area (Å²) in [5.41, 5.74) is 6.09. The van der Waals surface area contributed by atoms with Crippen LogP contribution in [0.4, 0.5) is 0 Å². The van der Waals surface area contributed by atoms with Crippen LogP contribution in [0.25, 0.3) is 0 Å². The van der Waals surface area contributed by atoms with Crippen molar-refractivity contribution in [1.29, 1.82) is 0 Å². The molecule has 2 rings (SSSR count). The molecule has 78 valence electrons. The lowest BCUT2D eigenvalue weighted by molar-refractivity contribution is 0.276. The average Bonchev–Trinajstić information content (AvgIpc) is 2.44. The molecule has 1 fully saturated rings. The van der Waals surface area contributed by atoms with Crippen molar-refractivity contribution in [3.8, 4) is 0 Å². The number of rotatable bonds is 4. The maximum absolute atomic E-state index is 6.09. The number of hydrogen-bond acceptors (Lipinski definition) is 2. The van der Waals surface area contributed by atoms with Gasteiger partial charge in [0.2, 0.25) is 0 Å². The first-order valence-electron chi connectivity index (χ1n) is 5.24. The molecular weight excluding hydrogens is 214 g/mol. The third-order valence-electron chi connectivity index (χ3n) is 2.95. The molecule has 1 heterocycles. The molecule has 14 heavy (non-hydrogen) atoms. The Kier molecular flexibility index (Phi) is 3.47. The molecule has 3 heteroatoms. The molecule has 1 aromatic heterocycles. The van der Waals surface area contributed by atoms with Crippen LogP contribution in [0.5, 0.6) is 0 Å². The summed E-state index contributed by atoms with van der Waals surface area (Å²) in [5.74, 6) is 0.903. The van der Waals surface area contributed by atoms with E-state index in [1.807, 2.05) is 6.07 Å². The summed E-state index contributed by atoms with van der Waals surface area (Å²) >= 11 is 7.52. The quantitative estimate of drug-likeness (QED) is 0.841. The number of halogens is 1. The normalized spacial score (nSPS) is 19.3. The minimum Gasteiger partial charge on any atom is -0.327 e. The van der Waals surface area contributed by atoms with Crippen molar-refractivity contribution < 1.29 is 0 Å². The molecular formula is C11H16ClNS. The third-order valence-corrected chi connectivity index (χ3v) is 4.21.